The highest BCUT2D eigenvalue weighted by atomic mass is 32.2. The van der Waals surface area contributed by atoms with Crippen molar-refractivity contribution in [1.29, 1.82) is 0 Å². The maximum atomic E-state index is 14.4. The normalized spacial score (nSPS) is 17.1. The zero-order valence-electron chi connectivity index (χ0n) is 39.2. The molecule has 0 aromatic heterocycles. The largest absolute Gasteiger partial charge is 0.497 e. The summed E-state index contributed by atoms with van der Waals surface area (Å²) in [4.78, 5) is 14.1. The van der Waals surface area contributed by atoms with Gasteiger partial charge in [-0.3, -0.25) is 0 Å². The molecular formula is C57H53BF2O6S2. The van der Waals surface area contributed by atoms with Crippen LogP contribution in [0.4, 0.5) is 8.78 Å². The summed E-state index contributed by atoms with van der Waals surface area (Å²) in [5, 5.41) is 9.57. The zero-order chi connectivity index (χ0) is 47.9. The molecule has 0 atom stereocenters. The van der Waals surface area contributed by atoms with E-state index in [1.165, 1.54) is 38.6 Å². The van der Waals surface area contributed by atoms with E-state index in [2.05, 4.69) is 88.4 Å². The fourth-order valence-corrected chi connectivity index (χ4v) is 10.7. The van der Waals surface area contributed by atoms with Crippen molar-refractivity contribution in [3.63, 3.8) is 0 Å². The lowest BCUT2D eigenvalue weighted by Crippen LogP contribution is -2.41. The van der Waals surface area contributed by atoms with Gasteiger partial charge in [0.1, 0.15) is 23.1 Å². The van der Waals surface area contributed by atoms with Crippen LogP contribution in [0.1, 0.15) is 75.3 Å². The number of hydrogen-bond acceptors (Lipinski definition) is 7. The Morgan fingerprint density at radius 1 is 0.632 bits per heavy atom. The van der Waals surface area contributed by atoms with Gasteiger partial charge in [-0.1, -0.05) is 66.7 Å². The molecule has 0 bridgehead atoms. The number of halogens is 2. The second-order valence-corrected chi connectivity index (χ2v) is 20.6. The molecule has 6 aromatic rings. The van der Waals surface area contributed by atoms with Crippen molar-refractivity contribution in [3.8, 4) is 33.8 Å². The van der Waals surface area contributed by atoms with E-state index in [-0.39, 0.29) is 30.0 Å². The van der Waals surface area contributed by atoms with Crippen molar-refractivity contribution < 1.29 is 37.5 Å². The minimum atomic E-state index is -0.849. The molecule has 1 aliphatic carbocycles. The molecule has 0 spiro atoms. The van der Waals surface area contributed by atoms with Crippen LogP contribution in [0, 0.1) is 17.6 Å². The summed E-state index contributed by atoms with van der Waals surface area (Å²) >= 11 is 3.61. The van der Waals surface area contributed by atoms with E-state index < -0.39 is 5.97 Å². The third-order valence-corrected chi connectivity index (χ3v) is 15.8. The number of benzene rings is 6. The molecule has 0 unspecified atom stereocenters. The summed E-state index contributed by atoms with van der Waals surface area (Å²) in [5.41, 5.74) is 12.3. The number of methoxy groups -OCH3 is 2. The van der Waals surface area contributed by atoms with Crippen LogP contribution in [0.2, 0.25) is 0 Å². The topological polar surface area (TPSA) is 74.2 Å². The standard InChI is InChI=1S/C29H25FO3S.C28H28BFO3S/c1-17(29(31)32)28(20-7-8-20)21-9-12-27-22(13-21)14-23(16-34-27)18-3-5-19(6-4-18)25-15-24(33-2)10-11-26(25)30;1-27(2)28(3,4)33-29(32-27)22-10-13-26-20(15-22)14-21(17-34-26)18-6-8-19(9-7-18)24-16-23(31-5)11-12-25(24)30/h3-6,9-15,20H,7-8,16H2,1-2H3,(H,31,32);6-16H,17H2,1-5H3/b28-17-;. The lowest BCUT2D eigenvalue weighted by Gasteiger charge is -2.32. The van der Waals surface area contributed by atoms with Crippen LogP contribution in [0.3, 0.4) is 0 Å². The van der Waals surface area contributed by atoms with Crippen molar-refractivity contribution >= 4 is 70.9 Å². The van der Waals surface area contributed by atoms with Crippen LogP contribution in [0.25, 0.3) is 51.1 Å². The Kier molecular flexibility index (Phi) is 13.4. The number of carboxylic acids is 1. The van der Waals surface area contributed by atoms with Crippen molar-refractivity contribution in [3.05, 3.63) is 166 Å². The Morgan fingerprint density at radius 2 is 1.09 bits per heavy atom. The first-order chi connectivity index (χ1) is 32.6. The van der Waals surface area contributed by atoms with E-state index in [1.54, 1.807) is 57.2 Å². The predicted molar refractivity (Wildman–Crippen MR) is 276 cm³/mol. The van der Waals surface area contributed by atoms with Crippen molar-refractivity contribution in [2.45, 2.75) is 68.5 Å². The van der Waals surface area contributed by atoms with E-state index in [4.69, 9.17) is 18.8 Å². The Balaban J connectivity index is 0.000000170. The summed E-state index contributed by atoms with van der Waals surface area (Å²) < 4.78 is 51.7. The molecule has 1 saturated carbocycles. The number of ether oxygens (including phenoxy) is 2. The highest BCUT2D eigenvalue weighted by Gasteiger charge is 2.51. The van der Waals surface area contributed by atoms with E-state index in [0.29, 0.717) is 34.1 Å². The number of thioether (sulfide) groups is 2. The van der Waals surface area contributed by atoms with Crippen LogP contribution in [-0.2, 0) is 14.1 Å². The van der Waals surface area contributed by atoms with E-state index in [1.807, 2.05) is 48.2 Å². The van der Waals surface area contributed by atoms with Gasteiger partial charge in [-0.2, -0.15) is 0 Å². The smallest absolute Gasteiger partial charge is 0.494 e. The maximum absolute atomic E-state index is 14.4. The molecule has 2 fully saturated rings. The van der Waals surface area contributed by atoms with E-state index in [0.717, 1.165) is 68.8 Å². The quantitative estimate of drug-likeness (QED) is 0.108. The minimum Gasteiger partial charge on any atom is -0.497 e. The second kappa shape index (κ2) is 19.3. The number of fused-ring (bicyclic) bond motifs is 2. The number of aliphatic carboxylic acids is 1. The van der Waals surface area contributed by atoms with E-state index in [9.17, 15) is 18.7 Å². The van der Waals surface area contributed by atoms with Crippen LogP contribution in [-0.4, -0.2) is 55.1 Å². The number of allylic oxidation sites excluding steroid dienone is 1. The van der Waals surface area contributed by atoms with Crippen molar-refractivity contribution in [2.24, 2.45) is 5.92 Å². The molecule has 4 aliphatic rings. The van der Waals surface area contributed by atoms with E-state index >= 15 is 0 Å². The van der Waals surface area contributed by atoms with Crippen molar-refractivity contribution in [2.75, 3.05) is 25.7 Å². The summed E-state index contributed by atoms with van der Waals surface area (Å²) in [6.07, 6.45) is 6.53. The molecule has 1 N–H and O–H groups in total. The summed E-state index contributed by atoms with van der Waals surface area (Å²) in [7, 11) is 2.78. The molecule has 68 heavy (non-hydrogen) atoms. The number of rotatable bonds is 10. The Labute approximate surface area is 406 Å². The molecule has 0 radical (unpaired) electrons. The van der Waals surface area contributed by atoms with Crippen molar-refractivity contribution in [1.82, 2.24) is 0 Å². The van der Waals surface area contributed by atoms with Gasteiger partial charge in [0, 0.05) is 38.0 Å². The van der Waals surface area contributed by atoms with Crippen LogP contribution >= 0.6 is 23.5 Å². The maximum Gasteiger partial charge on any atom is 0.494 e. The summed E-state index contributed by atoms with van der Waals surface area (Å²) in [6, 6.07) is 38.3. The molecule has 6 nitrogen and oxygen atoms in total. The van der Waals surface area contributed by atoms with Gasteiger partial charge in [0.2, 0.25) is 0 Å². The first-order valence-electron chi connectivity index (χ1n) is 22.7. The van der Waals surface area contributed by atoms with Crippen LogP contribution < -0.4 is 14.9 Å². The highest BCUT2D eigenvalue weighted by molar-refractivity contribution is 8.00. The fraction of sp³-hybridized carbons (Fsp3) is 0.246. The van der Waals surface area contributed by atoms with Gasteiger partial charge in [-0.15, -0.1) is 23.5 Å². The van der Waals surface area contributed by atoms with Crippen LogP contribution in [0.5, 0.6) is 11.5 Å². The number of carboxylic acid groups (broad SMARTS) is 1. The van der Waals surface area contributed by atoms with Gasteiger partial charge >= 0.3 is 13.1 Å². The first-order valence-corrected chi connectivity index (χ1v) is 24.7. The molecular weight excluding hydrogens is 894 g/mol. The second-order valence-electron chi connectivity index (χ2n) is 18.5. The van der Waals surface area contributed by atoms with Gasteiger partial charge in [0.25, 0.3) is 0 Å². The van der Waals surface area contributed by atoms with Gasteiger partial charge in [-0.05, 0) is 181 Å². The molecule has 346 valence electrons. The molecule has 1 saturated heterocycles. The lowest BCUT2D eigenvalue weighted by molar-refractivity contribution is -0.132. The fourth-order valence-electron chi connectivity index (χ4n) is 8.68. The molecule has 6 aromatic carbocycles. The monoisotopic (exact) mass is 946 g/mol. The van der Waals surface area contributed by atoms with Gasteiger partial charge in [0.05, 0.1) is 25.4 Å². The predicted octanol–water partition coefficient (Wildman–Crippen LogP) is 13.9. The van der Waals surface area contributed by atoms with Crippen LogP contribution in [0.15, 0.2) is 137 Å². The molecule has 3 aliphatic heterocycles. The number of carbonyl (C=O) groups is 1. The third kappa shape index (κ3) is 9.85. The zero-order valence-corrected chi connectivity index (χ0v) is 40.9. The van der Waals surface area contributed by atoms with Gasteiger partial charge < -0.3 is 23.9 Å². The Bertz CT molecular complexity index is 2990. The third-order valence-electron chi connectivity index (χ3n) is 13.5. The summed E-state index contributed by atoms with van der Waals surface area (Å²) in [5.74, 6) is 1.95. The number of hydrogen-bond donors (Lipinski definition) is 1. The Hall–Kier alpha value is -5.85. The molecule has 0 amide bonds. The SMILES string of the molecule is COc1ccc(F)c(-c2ccc(C3=Cc4cc(/C(=C(/C)C(=O)O)C5CC5)ccc4SC3)cc2)c1.COc1ccc(F)c(-c2ccc(C3=Cc4cc(B5OC(C)(C)C(C)(C)O5)ccc4SC3)cc2)c1. The average molecular weight is 947 g/mol. The van der Waals surface area contributed by atoms with Gasteiger partial charge in [0.15, 0.2) is 0 Å². The molecule has 10 rings (SSSR count). The molecule has 11 heteroatoms. The van der Waals surface area contributed by atoms with Gasteiger partial charge in [-0.25, -0.2) is 13.6 Å². The average Bonchev–Trinajstić information content (AvgIpc) is 4.15. The first kappa shape index (κ1) is 47.2. The highest BCUT2D eigenvalue weighted by Crippen LogP contribution is 2.46. The molecule has 3 heterocycles. The Morgan fingerprint density at radius 3 is 1.54 bits per heavy atom. The minimum absolute atomic E-state index is 0.259. The summed E-state index contributed by atoms with van der Waals surface area (Å²) in [6.45, 7) is 9.99. The lowest BCUT2D eigenvalue weighted by atomic mass is 9.78.